The second kappa shape index (κ2) is 7.20. The van der Waals surface area contributed by atoms with E-state index in [1.54, 1.807) is 6.08 Å². The van der Waals surface area contributed by atoms with Crippen molar-refractivity contribution < 1.29 is 9.84 Å². The van der Waals surface area contributed by atoms with E-state index in [0.29, 0.717) is 19.4 Å². The predicted octanol–water partition coefficient (Wildman–Crippen LogP) is 2.92. The average Bonchev–Trinajstić information content (AvgIpc) is 2.34. The molecule has 0 aliphatic carbocycles. The van der Waals surface area contributed by atoms with Gasteiger partial charge in [-0.25, -0.2) is 0 Å². The summed E-state index contributed by atoms with van der Waals surface area (Å²) in [6.07, 6.45) is 2.60. The largest absolute Gasteiger partial charge is 0.390 e. The minimum atomic E-state index is -0.415. The van der Waals surface area contributed by atoms with Gasteiger partial charge in [0.05, 0.1) is 18.8 Å². The molecule has 0 saturated heterocycles. The maximum atomic E-state index is 9.75. The zero-order chi connectivity index (χ0) is 11.8. The topological polar surface area (TPSA) is 29.5 Å². The molecule has 0 saturated carbocycles. The molecule has 2 heteroatoms. The van der Waals surface area contributed by atoms with Crippen LogP contribution in [0.5, 0.6) is 0 Å². The Hall–Kier alpha value is -1.12. The second-order valence-corrected chi connectivity index (χ2v) is 3.84. The quantitative estimate of drug-likeness (QED) is 0.716. The molecule has 2 nitrogen and oxygen atoms in total. The molecule has 0 radical (unpaired) electrons. The molecule has 0 amide bonds. The van der Waals surface area contributed by atoms with Crippen LogP contribution in [0.25, 0.3) is 0 Å². The van der Waals surface area contributed by atoms with Gasteiger partial charge in [-0.15, -0.1) is 6.58 Å². The van der Waals surface area contributed by atoms with E-state index in [4.69, 9.17) is 4.74 Å². The summed E-state index contributed by atoms with van der Waals surface area (Å²) >= 11 is 0. The molecule has 2 atom stereocenters. The van der Waals surface area contributed by atoms with Crippen LogP contribution in [0.2, 0.25) is 0 Å². The fourth-order valence-corrected chi connectivity index (χ4v) is 1.54. The normalized spacial score (nSPS) is 14.4. The van der Waals surface area contributed by atoms with Gasteiger partial charge in [0, 0.05) is 0 Å². The van der Waals surface area contributed by atoms with Crippen molar-refractivity contribution in [3.05, 3.63) is 48.6 Å². The van der Waals surface area contributed by atoms with Crippen LogP contribution in [0.15, 0.2) is 43.0 Å². The molecule has 1 aromatic rings. The molecule has 0 heterocycles. The molecule has 0 aromatic heterocycles. The molecule has 1 aromatic carbocycles. The molecule has 0 unspecified atom stereocenters. The van der Waals surface area contributed by atoms with Crippen LogP contribution in [0.3, 0.4) is 0 Å². The third-order valence-corrected chi connectivity index (χ3v) is 2.55. The molecule has 0 spiro atoms. The highest BCUT2D eigenvalue weighted by Crippen LogP contribution is 2.12. The van der Waals surface area contributed by atoms with E-state index >= 15 is 0 Å². The van der Waals surface area contributed by atoms with Crippen molar-refractivity contribution >= 4 is 0 Å². The summed E-state index contributed by atoms with van der Waals surface area (Å²) in [5, 5.41) is 9.75. The first-order valence-corrected chi connectivity index (χ1v) is 5.72. The first kappa shape index (κ1) is 12.9. The van der Waals surface area contributed by atoms with Crippen molar-refractivity contribution in [2.75, 3.05) is 0 Å². The minimum Gasteiger partial charge on any atom is -0.390 e. The van der Waals surface area contributed by atoms with Gasteiger partial charge in [-0.3, -0.25) is 0 Å². The van der Waals surface area contributed by atoms with Crippen molar-refractivity contribution in [3.8, 4) is 0 Å². The molecule has 1 N–H and O–H groups in total. The van der Waals surface area contributed by atoms with Crippen LogP contribution in [0.1, 0.15) is 25.3 Å². The van der Waals surface area contributed by atoms with E-state index in [1.807, 2.05) is 37.3 Å². The molecule has 0 fully saturated rings. The first-order chi connectivity index (χ1) is 7.77. The maximum absolute atomic E-state index is 9.75. The predicted molar refractivity (Wildman–Crippen MR) is 66.1 cm³/mol. The van der Waals surface area contributed by atoms with E-state index in [2.05, 4.69) is 6.58 Å². The van der Waals surface area contributed by atoms with Crippen molar-refractivity contribution in [1.29, 1.82) is 0 Å². The zero-order valence-electron chi connectivity index (χ0n) is 9.80. The summed E-state index contributed by atoms with van der Waals surface area (Å²) in [4.78, 5) is 0. The number of hydrogen-bond acceptors (Lipinski definition) is 2. The molecular formula is C14H20O2. The van der Waals surface area contributed by atoms with E-state index in [9.17, 15) is 5.11 Å². The van der Waals surface area contributed by atoms with E-state index in [0.717, 1.165) is 5.56 Å². The summed E-state index contributed by atoms with van der Waals surface area (Å²) < 4.78 is 5.70. The summed E-state index contributed by atoms with van der Waals surface area (Å²) in [5.41, 5.74) is 1.12. The Morgan fingerprint density at radius 1 is 1.38 bits per heavy atom. The van der Waals surface area contributed by atoms with Gasteiger partial charge in [0.25, 0.3) is 0 Å². The van der Waals surface area contributed by atoms with Gasteiger partial charge in [-0.1, -0.05) is 43.3 Å². The summed E-state index contributed by atoms with van der Waals surface area (Å²) in [5.74, 6) is 0. The Morgan fingerprint density at radius 3 is 2.62 bits per heavy atom. The Labute approximate surface area is 97.6 Å². The Bertz CT molecular complexity index is 295. The van der Waals surface area contributed by atoms with Crippen LogP contribution >= 0.6 is 0 Å². The Balaban J connectivity index is 2.46. The first-order valence-electron chi connectivity index (χ1n) is 5.72. The number of hydrogen-bond donors (Lipinski definition) is 1. The second-order valence-electron chi connectivity index (χ2n) is 3.84. The fourth-order valence-electron chi connectivity index (χ4n) is 1.54. The van der Waals surface area contributed by atoms with Crippen LogP contribution < -0.4 is 0 Å². The maximum Gasteiger partial charge on any atom is 0.0872 e. The molecular weight excluding hydrogens is 200 g/mol. The molecule has 0 bridgehead atoms. The molecule has 88 valence electrons. The van der Waals surface area contributed by atoms with Crippen LogP contribution in [0.4, 0.5) is 0 Å². The minimum absolute atomic E-state index is 0.150. The Morgan fingerprint density at radius 2 is 2.06 bits per heavy atom. The van der Waals surface area contributed by atoms with Gasteiger partial charge in [-0.2, -0.15) is 0 Å². The van der Waals surface area contributed by atoms with Gasteiger partial charge in [0.2, 0.25) is 0 Å². The number of benzene rings is 1. The third-order valence-electron chi connectivity index (χ3n) is 2.55. The van der Waals surface area contributed by atoms with E-state index in [-0.39, 0.29) is 6.10 Å². The van der Waals surface area contributed by atoms with Gasteiger partial charge in [0.15, 0.2) is 0 Å². The van der Waals surface area contributed by atoms with E-state index < -0.39 is 6.10 Å². The number of aliphatic hydroxyl groups is 1. The third kappa shape index (κ3) is 4.17. The fraction of sp³-hybridized carbons (Fsp3) is 0.429. The Kier molecular flexibility index (Phi) is 5.83. The molecule has 16 heavy (non-hydrogen) atoms. The van der Waals surface area contributed by atoms with Crippen LogP contribution in [0, 0.1) is 0 Å². The zero-order valence-corrected chi connectivity index (χ0v) is 9.80. The van der Waals surface area contributed by atoms with Crippen molar-refractivity contribution in [3.63, 3.8) is 0 Å². The molecule has 1 rings (SSSR count). The van der Waals surface area contributed by atoms with Gasteiger partial charge < -0.3 is 9.84 Å². The monoisotopic (exact) mass is 220 g/mol. The van der Waals surface area contributed by atoms with Crippen molar-refractivity contribution in [2.24, 2.45) is 0 Å². The number of rotatable bonds is 7. The van der Waals surface area contributed by atoms with Crippen molar-refractivity contribution in [1.82, 2.24) is 0 Å². The SMILES string of the molecule is C=CC[C@@H](OCc1ccccc1)[C@H](O)CC. The highest BCUT2D eigenvalue weighted by molar-refractivity contribution is 5.13. The summed E-state index contributed by atoms with van der Waals surface area (Å²) in [7, 11) is 0. The summed E-state index contributed by atoms with van der Waals surface area (Å²) in [6, 6.07) is 9.98. The molecule has 0 aliphatic heterocycles. The lowest BCUT2D eigenvalue weighted by Crippen LogP contribution is -2.27. The highest BCUT2D eigenvalue weighted by Gasteiger charge is 2.16. The number of aliphatic hydroxyl groups excluding tert-OH is 1. The average molecular weight is 220 g/mol. The van der Waals surface area contributed by atoms with E-state index in [1.165, 1.54) is 0 Å². The van der Waals surface area contributed by atoms with Gasteiger partial charge in [-0.05, 0) is 18.4 Å². The van der Waals surface area contributed by atoms with Gasteiger partial charge in [0.1, 0.15) is 0 Å². The summed E-state index contributed by atoms with van der Waals surface area (Å²) in [6.45, 7) is 6.17. The standard InChI is InChI=1S/C14H20O2/c1-3-8-14(13(15)4-2)16-11-12-9-6-5-7-10-12/h3,5-7,9-10,13-15H,1,4,8,11H2,2H3/t13-,14-/m1/s1. The van der Waals surface area contributed by atoms with Crippen LogP contribution in [-0.2, 0) is 11.3 Å². The lowest BCUT2D eigenvalue weighted by molar-refractivity contribution is -0.0447. The molecule has 0 aliphatic rings. The number of ether oxygens (including phenoxy) is 1. The van der Waals surface area contributed by atoms with Gasteiger partial charge >= 0.3 is 0 Å². The smallest absolute Gasteiger partial charge is 0.0872 e. The highest BCUT2D eigenvalue weighted by atomic mass is 16.5. The van der Waals surface area contributed by atoms with Crippen LogP contribution in [-0.4, -0.2) is 17.3 Å². The van der Waals surface area contributed by atoms with Crippen molar-refractivity contribution in [2.45, 2.75) is 38.6 Å². The lowest BCUT2D eigenvalue weighted by Gasteiger charge is -2.21. The lowest BCUT2D eigenvalue weighted by atomic mass is 10.1.